The van der Waals surface area contributed by atoms with Crippen LogP contribution in [0.15, 0.2) is 6.20 Å². The lowest BCUT2D eigenvalue weighted by molar-refractivity contribution is 0.119. The van der Waals surface area contributed by atoms with Crippen molar-refractivity contribution in [2.75, 3.05) is 26.7 Å². The van der Waals surface area contributed by atoms with Gasteiger partial charge in [-0.1, -0.05) is 18.5 Å². The first-order valence-corrected chi connectivity index (χ1v) is 7.94. The lowest BCUT2D eigenvalue weighted by atomic mass is 9.89. The Bertz CT molecular complexity index is 369. The van der Waals surface area contributed by atoms with E-state index >= 15 is 0 Å². The lowest BCUT2D eigenvalue weighted by Gasteiger charge is -2.38. The molecule has 0 saturated carbocycles. The van der Waals surface area contributed by atoms with E-state index in [-0.39, 0.29) is 0 Å². The summed E-state index contributed by atoms with van der Waals surface area (Å²) in [4.78, 5) is 6.91. The molecule has 1 aliphatic rings. The van der Waals surface area contributed by atoms with Crippen LogP contribution < -0.4 is 5.32 Å². The summed E-state index contributed by atoms with van der Waals surface area (Å²) in [5, 5.41) is 4.72. The summed E-state index contributed by atoms with van der Waals surface area (Å²) in [6.45, 7) is 5.55. The highest BCUT2D eigenvalue weighted by Crippen LogP contribution is 2.37. The largest absolute Gasteiger partial charge is 0.316 e. The van der Waals surface area contributed by atoms with Gasteiger partial charge in [0.05, 0.1) is 12.2 Å². The monoisotopic (exact) mass is 287 g/mol. The third-order valence-electron chi connectivity index (χ3n) is 3.59. The standard InChI is InChI=1S/C13H22ClN3S/c1-3-6-15-8-10-5-4-7-17(2)12(10)13-16-9-11(14)18-13/h9-10,12,15H,3-8H2,1-2H3. The summed E-state index contributed by atoms with van der Waals surface area (Å²) in [7, 11) is 2.20. The number of aromatic nitrogens is 1. The molecule has 2 heterocycles. The molecule has 1 aromatic heterocycles. The van der Waals surface area contributed by atoms with E-state index in [4.69, 9.17) is 11.6 Å². The molecular formula is C13H22ClN3S. The second-order valence-electron chi connectivity index (χ2n) is 5.03. The predicted molar refractivity (Wildman–Crippen MR) is 78.4 cm³/mol. The minimum Gasteiger partial charge on any atom is -0.316 e. The van der Waals surface area contributed by atoms with Crippen LogP contribution in [-0.2, 0) is 0 Å². The summed E-state index contributed by atoms with van der Waals surface area (Å²) in [5.74, 6) is 0.650. The molecule has 0 bridgehead atoms. The van der Waals surface area contributed by atoms with Gasteiger partial charge in [0.25, 0.3) is 0 Å². The molecule has 5 heteroatoms. The molecule has 18 heavy (non-hydrogen) atoms. The first kappa shape index (κ1) is 14.3. The molecule has 0 radical (unpaired) electrons. The summed E-state index contributed by atoms with van der Waals surface area (Å²) >= 11 is 7.65. The molecule has 2 rings (SSSR count). The van der Waals surface area contributed by atoms with Crippen molar-refractivity contribution in [2.24, 2.45) is 5.92 Å². The molecule has 0 aromatic carbocycles. The molecule has 3 nitrogen and oxygen atoms in total. The van der Waals surface area contributed by atoms with Crippen LogP contribution in [0.25, 0.3) is 0 Å². The van der Waals surface area contributed by atoms with E-state index < -0.39 is 0 Å². The zero-order valence-corrected chi connectivity index (χ0v) is 12.7. The molecule has 1 aromatic rings. The van der Waals surface area contributed by atoms with E-state index in [9.17, 15) is 0 Å². The van der Waals surface area contributed by atoms with E-state index in [0.29, 0.717) is 12.0 Å². The smallest absolute Gasteiger partial charge is 0.113 e. The van der Waals surface area contributed by atoms with Crippen molar-refractivity contribution in [2.45, 2.75) is 32.2 Å². The number of thiazole rings is 1. The third-order valence-corrected chi connectivity index (χ3v) is 4.77. The van der Waals surface area contributed by atoms with Crippen molar-refractivity contribution >= 4 is 22.9 Å². The van der Waals surface area contributed by atoms with Gasteiger partial charge < -0.3 is 5.32 Å². The van der Waals surface area contributed by atoms with Crippen molar-refractivity contribution in [3.63, 3.8) is 0 Å². The highest BCUT2D eigenvalue weighted by atomic mass is 35.5. The van der Waals surface area contributed by atoms with Gasteiger partial charge in [-0.15, -0.1) is 11.3 Å². The van der Waals surface area contributed by atoms with Crippen LogP contribution in [0.1, 0.15) is 37.2 Å². The number of likely N-dealkylation sites (tertiary alicyclic amines) is 1. The van der Waals surface area contributed by atoms with Crippen LogP contribution in [-0.4, -0.2) is 36.6 Å². The van der Waals surface area contributed by atoms with Gasteiger partial charge in [-0.2, -0.15) is 0 Å². The molecule has 0 aliphatic carbocycles. The number of hydrogen-bond donors (Lipinski definition) is 1. The fourth-order valence-electron chi connectivity index (χ4n) is 2.73. The fraction of sp³-hybridized carbons (Fsp3) is 0.769. The maximum atomic E-state index is 6.02. The Morgan fingerprint density at radius 3 is 3.11 bits per heavy atom. The second-order valence-corrected chi connectivity index (χ2v) is 6.73. The Morgan fingerprint density at radius 1 is 1.61 bits per heavy atom. The zero-order valence-electron chi connectivity index (χ0n) is 11.2. The molecule has 1 aliphatic heterocycles. The van der Waals surface area contributed by atoms with Gasteiger partial charge in [-0.05, 0) is 51.9 Å². The Kier molecular flexibility index (Phi) is 5.42. The Balaban J connectivity index is 2.05. The van der Waals surface area contributed by atoms with Crippen LogP contribution in [0.3, 0.4) is 0 Å². The van der Waals surface area contributed by atoms with Gasteiger partial charge in [-0.25, -0.2) is 4.98 Å². The number of nitrogens with one attached hydrogen (secondary N) is 1. The van der Waals surface area contributed by atoms with Crippen molar-refractivity contribution in [1.29, 1.82) is 0 Å². The maximum absolute atomic E-state index is 6.02. The second kappa shape index (κ2) is 6.85. The average Bonchev–Trinajstić information content (AvgIpc) is 2.76. The van der Waals surface area contributed by atoms with Crippen LogP contribution in [0.5, 0.6) is 0 Å². The molecule has 102 valence electrons. The van der Waals surface area contributed by atoms with Gasteiger partial charge >= 0.3 is 0 Å². The van der Waals surface area contributed by atoms with Crippen molar-refractivity contribution < 1.29 is 0 Å². The maximum Gasteiger partial charge on any atom is 0.113 e. The van der Waals surface area contributed by atoms with Gasteiger partial charge in [-0.3, -0.25) is 4.90 Å². The van der Waals surface area contributed by atoms with Crippen LogP contribution in [0.4, 0.5) is 0 Å². The quantitative estimate of drug-likeness (QED) is 0.843. The summed E-state index contributed by atoms with van der Waals surface area (Å²) in [6, 6.07) is 0.431. The molecule has 0 spiro atoms. The molecule has 2 atom stereocenters. The zero-order chi connectivity index (χ0) is 13.0. The molecule has 1 N–H and O–H groups in total. The highest BCUT2D eigenvalue weighted by Gasteiger charge is 2.32. The van der Waals surface area contributed by atoms with Crippen molar-refractivity contribution in [1.82, 2.24) is 15.2 Å². The number of halogens is 1. The summed E-state index contributed by atoms with van der Waals surface area (Å²) in [5.41, 5.74) is 0. The number of rotatable bonds is 5. The molecular weight excluding hydrogens is 266 g/mol. The van der Waals surface area contributed by atoms with E-state index in [1.54, 1.807) is 17.5 Å². The van der Waals surface area contributed by atoms with E-state index in [1.807, 2.05) is 0 Å². The number of piperidine rings is 1. The molecule has 1 fully saturated rings. The van der Waals surface area contributed by atoms with Gasteiger partial charge in [0.15, 0.2) is 0 Å². The van der Waals surface area contributed by atoms with Crippen molar-refractivity contribution in [3.8, 4) is 0 Å². The van der Waals surface area contributed by atoms with Crippen LogP contribution >= 0.6 is 22.9 Å². The molecule has 2 unspecified atom stereocenters. The van der Waals surface area contributed by atoms with Crippen LogP contribution in [0, 0.1) is 5.92 Å². The Labute approximate surface area is 119 Å². The molecule has 1 saturated heterocycles. The first-order valence-electron chi connectivity index (χ1n) is 6.74. The summed E-state index contributed by atoms with van der Waals surface area (Å²) < 4.78 is 0.796. The minimum atomic E-state index is 0.431. The first-order chi connectivity index (χ1) is 8.72. The highest BCUT2D eigenvalue weighted by molar-refractivity contribution is 7.15. The lowest BCUT2D eigenvalue weighted by Crippen LogP contribution is -2.40. The SMILES string of the molecule is CCCNCC1CCCN(C)C1c1ncc(Cl)s1. The summed E-state index contributed by atoms with van der Waals surface area (Å²) in [6.07, 6.45) is 5.53. The third kappa shape index (κ3) is 3.44. The van der Waals surface area contributed by atoms with Gasteiger partial charge in [0.1, 0.15) is 9.34 Å². The Hall–Kier alpha value is -0.160. The van der Waals surface area contributed by atoms with Gasteiger partial charge in [0, 0.05) is 0 Å². The topological polar surface area (TPSA) is 28.2 Å². The number of nitrogens with zero attached hydrogens (tertiary/aromatic N) is 2. The fourth-order valence-corrected chi connectivity index (χ4v) is 3.92. The van der Waals surface area contributed by atoms with Crippen LogP contribution in [0.2, 0.25) is 4.34 Å². The normalized spacial score (nSPS) is 25.5. The minimum absolute atomic E-state index is 0.431. The predicted octanol–water partition coefficient (Wildman–Crippen LogP) is 3.18. The van der Waals surface area contributed by atoms with E-state index in [0.717, 1.165) is 24.0 Å². The molecule has 0 amide bonds. The van der Waals surface area contributed by atoms with Crippen molar-refractivity contribution in [3.05, 3.63) is 15.5 Å². The van der Waals surface area contributed by atoms with Gasteiger partial charge in [0.2, 0.25) is 0 Å². The Morgan fingerprint density at radius 2 is 2.44 bits per heavy atom. The average molecular weight is 288 g/mol. The van der Waals surface area contributed by atoms with E-state index in [2.05, 4.69) is 29.2 Å². The van der Waals surface area contributed by atoms with E-state index in [1.165, 1.54) is 24.3 Å². The number of hydrogen-bond acceptors (Lipinski definition) is 4.